The Bertz CT molecular complexity index is 768. The zero-order chi connectivity index (χ0) is 38.0. The van der Waals surface area contributed by atoms with Crippen LogP contribution < -0.4 is 0 Å². The molecular formula is C46H88O6. The molecule has 0 aliphatic rings. The van der Waals surface area contributed by atoms with E-state index >= 15 is 0 Å². The molecule has 1 atom stereocenters. The highest BCUT2D eigenvalue weighted by atomic mass is 16.6. The van der Waals surface area contributed by atoms with E-state index in [1.165, 1.54) is 161 Å². The van der Waals surface area contributed by atoms with Crippen LogP contribution in [0, 0.1) is 0 Å². The minimum absolute atomic E-state index is 0.0632. The smallest absolute Gasteiger partial charge is 0.306 e. The minimum atomic E-state index is -0.757. The van der Waals surface area contributed by atoms with E-state index in [1.54, 1.807) is 0 Å². The van der Waals surface area contributed by atoms with Crippen LogP contribution in [-0.4, -0.2) is 37.2 Å². The van der Waals surface area contributed by atoms with Crippen LogP contribution >= 0.6 is 0 Å². The molecule has 6 nitrogen and oxygen atoms in total. The number of ether oxygens (including phenoxy) is 3. The molecule has 6 heteroatoms. The van der Waals surface area contributed by atoms with Gasteiger partial charge < -0.3 is 14.2 Å². The van der Waals surface area contributed by atoms with Gasteiger partial charge in [0.15, 0.2) is 6.10 Å². The van der Waals surface area contributed by atoms with E-state index in [2.05, 4.69) is 20.8 Å². The summed E-state index contributed by atoms with van der Waals surface area (Å²) < 4.78 is 16.7. The number of carbonyl (C=O) groups excluding carboxylic acids is 3. The molecule has 0 aromatic heterocycles. The number of rotatable bonds is 42. The number of carbonyl (C=O) groups is 3. The first-order chi connectivity index (χ1) is 25.5. The van der Waals surface area contributed by atoms with Crippen molar-refractivity contribution >= 4 is 17.9 Å². The average Bonchev–Trinajstić information content (AvgIpc) is 3.14. The molecule has 0 unspecified atom stereocenters. The van der Waals surface area contributed by atoms with E-state index in [4.69, 9.17) is 14.2 Å². The quantitative estimate of drug-likeness (QED) is 0.0353. The predicted octanol–water partition coefficient (Wildman–Crippen LogP) is 14.5. The normalized spacial score (nSPS) is 11.8. The molecule has 0 heterocycles. The van der Waals surface area contributed by atoms with Gasteiger partial charge in [-0.2, -0.15) is 0 Å². The Morgan fingerprint density at radius 1 is 0.308 bits per heavy atom. The molecule has 0 N–H and O–H groups in total. The maximum absolute atomic E-state index is 12.7. The molecule has 0 aromatic rings. The van der Waals surface area contributed by atoms with Crippen LogP contribution in [-0.2, 0) is 28.6 Å². The van der Waals surface area contributed by atoms with Crippen LogP contribution in [0.4, 0.5) is 0 Å². The fourth-order valence-corrected chi connectivity index (χ4v) is 6.85. The number of unbranched alkanes of at least 4 members (excludes halogenated alkanes) is 31. The van der Waals surface area contributed by atoms with Crippen LogP contribution in [0.5, 0.6) is 0 Å². The molecule has 0 radical (unpaired) electrons. The lowest BCUT2D eigenvalue weighted by atomic mass is 10.0. The van der Waals surface area contributed by atoms with Crippen LogP contribution in [0.1, 0.15) is 258 Å². The standard InChI is InChI=1S/C46H88O6/c1-4-7-10-13-16-18-20-21-22-23-24-26-28-31-34-37-40-46(49)52-43(41-50-44(47)38-35-32-29-15-12-9-6-3)42-51-45(48)39-36-33-30-27-25-19-17-14-11-8-5-2/h43H,4-42H2,1-3H3/t43-/m0/s1. The van der Waals surface area contributed by atoms with Crippen molar-refractivity contribution in [3.05, 3.63) is 0 Å². The van der Waals surface area contributed by atoms with Crippen LogP contribution in [0.3, 0.4) is 0 Å². The van der Waals surface area contributed by atoms with Gasteiger partial charge in [0.1, 0.15) is 13.2 Å². The van der Waals surface area contributed by atoms with Gasteiger partial charge in [-0.3, -0.25) is 14.4 Å². The van der Waals surface area contributed by atoms with Gasteiger partial charge in [0.2, 0.25) is 0 Å². The van der Waals surface area contributed by atoms with Gasteiger partial charge in [0.25, 0.3) is 0 Å². The fourth-order valence-electron chi connectivity index (χ4n) is 6.85. The maximum Gasteiger partial charge on any atom is 0.306 e. The summed E-state index contributed by atoms with van der Waals surface area (Å²) in [5, 5.41) is 0. The second kappa shape index (κ2) is 42.2. The lowest BCUT2D eigenvalue weighted by Gasteiger charge is -2.18. The van der Waals surface area contributed by atoms with Crippen molar-refractivity contribution in [3.63, 3.8) is 0 Å². The third-order valence-corrected chi connectivity index (χ3v) is 10.4. The third-order valence-electron chi connectivity index (χ3n) is 10.4. The molecular weight excluding hydrogens is 648 g/mol. The van der Waals surface area contributed by atoms with Gasteiger partial charge in [-0.15, -0.1) is 0 Å². The molecule has 0 aliphatic carbocycles. The Kier molecular flexibility index (Phi) is 40.9. The van der Waals surface area contributed by atoms with Crippen molar-refractivity contribution in [1.82, 2.24) is 0 Å². The largest absolute Gasteiger partial charge is 0.462 e. The van der Waals surface area contributed by atoms with E-state index in [0.29, 0.717) is 19.3 Å². The van der Waals surface area contributed by atoms with E-state index in [1.807, 2.05) is 0 Å². The molecule has 52 heavy (non-hydrogen) atoms. The predicted molar refractivity (Wildman–Crippen MR) is 220 cm³/mol. The highest BCUT2D eigenvalue weighted by Gasteiger charge is 2.19. The lowest BCUT2D eigenvalue weighted by Crippen LogP contribution is -2.30. The Morgan fingerprint density at radius 3 is 0.769 bits per heavy atom. The monoisotopic (exact) mass is 737 g/mol. The highest BCUT2D eigenvalue weighted by molar-refractivity contribution is 5.71. The highest BCUT2D eigenvalue weighted by Crippen LogP contribution is 2.16. The van der Waals surface area contributed by atoms with Gasteiger partial charge in [0.05, 0.1) is 0 Å². The minimum Gasteiger partial charge on any atom is -0.462 e. The molecule has 0 spiro atoms. The summed E-state index contributed by atoms with van der Waals surface area (Å²) in [4.78, 5) is 37.6. The van der Waals surface area contributed by atoms with E-state index in [0.717, 1.165) is 57.8 Å². The summed E-state index contributed by atoms with van der Waals surface area (Å²) in [5.74, 6) is -0.858. The molecule has 0 amide bonds. The number of hydrogen-bond acceptors (Lipinski definition) is 6. The van der Waals surface area contributed by atoms with E-state index in [-0.39, 0.29) is 31.1 Å². The van der Waals surface area contributed by atoms with Crippen LogP contribution in [0.25, 0.3) is 0 Å². The maximum atomic E-state index is 12.7. The first-order valence-corrected chi connectivity index (χ1v) is 23.0. The summed E-state index contributed by atoms with van der Waals surface area (Å²) in [7, 11) is 0. The van der Waals surface area contributed by atoms with Crippen molar-refractivity contribution in [2.24, 2.45) is 0 Å². The molecule has 0 bridgehead atoms. The second-order valence-electron chi connectivity index (χ2n) is 15.7. The first-order valence-electron chi connectivity index (χ1n) is 23.0. The summed E-state index contributed by atoms with van der Waals surface area (Å²) in [5.41, 5.74) is 0. The van der Waals surface area contributed by atoms with Crippen molar-refractivity contribution < 1.29 is 28.6 Å². The Balaban J connectivity index is 4.24. The third kappa shape index (κ3) is 39.6. The van der Waals surface area contributed by atoms with Crippen molar-refractivity contribution in [2.45, 2.75) is 264 Å². The number of esters is 3. The van der Waals surface area contributed by atoms with Crippen LogP contribution in [0.2, 0.25) is 0 Å². The van der Waals surface area contributed by atoms with E-state index in [9.17, 15) is 14.4 Å². The lowest BCUT2D eigenvalue weighted by molar-refractivity contribution is -0.167. The Hall–Kier alpha value is -1.59. The summed E-state index contributed by atoms with van der Waals surface area (Å²) in [6.07, 6.45) is 42.4. The summed E-state index contributed by atoms with van der Waals surface area (Å²) in [6, 6.07) is 0. The van der Waals surface area contributed by atoms with Gasteiger partial charge >= 0.3 is 17.9 Å². The molecule has 0 rings (SSSR count). The fraction of sp³-hybridized carbons (Fsp3) is 0.935. The zero-order valence-electron chi connectivity index (χ0n) is 35.1. The SMILES string of the molecule is CCCCCCCCCCCCCCCCCCC(=O)O[C@@H](COC(=O)CCCCCCCCC)COC(=O)CCCCCCCCCCCCC. The molecule has 0 fully saturated rings. The van der Waals surface area contributed by atoms with Crippen molar-refractivity contribution in [3.8, 4) is 0 Å². The summed E-state index contributed by atoms with van der Waals surface area (Å²) >= 11 is 0. The number of hydrogen-bond donors (Lipinski definition) is 0. The average molecular weight is 737 g/mol. The molecule has 308 valence electrons. The van der Waals surface area contributed by atoms with E-state index < -0.39 is 6.10 Å². The van der Waals surface area contributed by atoms with Crippen molar-refractivity contribution in [2.75, 3.05) is 13.2 Å². The molecule has 0 aromatic carbocycles. The van der Waals surface area contributed by atoms with Gasteiger partial charge in [-0.05, 0) is 19.3 Å². The van der Waals surface area contributed by atoms with Crippen LogP contribution in [0.15, 0.2) is 0 Å². The second-order valence-corrected chi connectivity index (χ2v) is 15.7. The molecule has 0 aliphatic heterocycles. The van der Waals surface area contributed by atoms with Gasteiger partial charge in [-0.25, -0.2) is 0 Å². The summed E-state index contributed by atoms with van der Waals surface area (Å²) in [6.45, 7) is 6.61. The topological polar surface area (TPSA) is 78.9 Å². The van der Waals surface area contributed by atoms with Gasteiger partial charge in [-0.1, -0.05) is 220 Å². The van der Waals surface area contributed by atoms with Crippen molar-refractivity contribution in [1.29, 1.82) is 0 Å². The van der Waals surface area contributed by atoms with Gasteiger partial charge in [0, 0.05) is 19.3 Å². The molecule has 0 saturated heterocycles. The Labute approximate surface area is 323 Å². The first kappa shape index (κ1) is 50.4. The molecule has 0 saturated carbocycles. The zero-order valence-corrected chi connectivity index (χ0v) is 35.1. The Morgan fingerprint density at radius 2 is 0.519 bits per heavy atom.